The quantitative estimate of drug-likeness (QED) is 0.530. The molecule has 0 radical (unpaired) electrons. The number of hydrogen-bond donors (Lipinski definition) is 1. The van der Waals surface area contributed by atoms with Gasteiger partial charge in [0.15, 0.2) is 0 Å². The van der Waals surface area contributed by atoms with Crippen molar-refractivity contribution < 1.29 is 4.79 Å². The van der Waals surface area contributed by atoms with Crippen LogP contribution in [-0.4, -0.2) is 47.0 Å². The third-order valence-electron chi connectivity index (χ3n) is 7.57. The minimum absolute atomic E-state index is 0.0562. The number of halogens is 1. The Morgan fingerprint density at radius 2 is 2.00 bits per heavy atom. The Balaban J connectivity index is 1.22. The van der Waals surface area contributed by atoms with Gasteiger partial charge in [0.2, 0.25) is 5.91 Å². The molecule has 35 heavy (non-hydrogen) atoms. The number of piperazine rings is 1. The molecule has 6 nitrogen and oxygen atoms in total. The summed E-state index contributed by atoms with van der Waals surface area (Å²) in [5, 5.41) is 1.49. The molecule has 0 spiro atoms. The van der Waals surface area contributed by atoms with Crippen LogP contribution in [0.4, 0.5) is 5.69 Å². The summed E-state index contributed by atoms with van der Waals surface area (Å²) in [6.07, 6.45) is 3.88. The molecule has 1 saturated heterocycles. The van der Waals surface area contributed by atoms with E-state index in [1.54, 1.807) is 11.3 Å². The number of anilines is 1. The van der Waals surface area contributed by atoms with Crippen LogP contribution in [0.1, 0.15) is 49.9 Å². The van der Waals surface area contributed by atoms with Gasteiger partial charge in [-0.2, -0.15) is 0 Å². The number of hydrogen-bond acceptors (Lipinski definition) is 5. The standard InChI is InChI=1S/C27H33ClN4O2S/c1-27(2,3)17-7-8-20-21(15-17)35-26-24(20)25(34)29-22(30-26)9-10-23(33)32-13-11-31(12-14-32)19-6-4-5-18(28)16-19/h4-6,16-17H,7-15H2,1-3H3,(H,29,30,34)/t17-/m0/s1. The fraction of sp³-hybridized carbons (Fsp3) is 0.519. The van der Waals surface area contributed by atoms with E-state index < -0.39 is 0 Å². The zero-order chi connectivity index (χ0) is 24.7. The van der Waals surface area contributed by atoms with Crippen molar-refractivity contribution in [1.82, 2.24) is 14.9 Å². The highest BCUT2D eigenvalue weighted by Crippen LogP contribution is 2.42. The number of thiophene rings is 1. The molecule has 0 unspecified atom stereocenters. The normalized spacial score (nSPS) is 18.7. The molecule has 1 aliphatic heterocycles. The molecule has 3 heterocycles. The highest BCUT2D eigenvalue weighted by Gasteiger charge is 2.31. The number of rotatable bonds is 4. The number of fused-ring (bicyclic) bond motifs is 3. The van der Waals surface area contributed by atoms with E-state index in [0.717, 1.165) is 53.3 Å². The Morgan fingerprint density at radius 3 is 2.71 bits per heavy atom. The fourth-order valence-electron chi connectivity index (χ4n) is 5.36. The lowest BCUT2D eigenvalue weighted by Gasteiger charge is -2.36. The van der Waals surface area contributed by atoms with Gasteiger partial charge >= 0.3 is 0 Å². The van der Waals surface area contributed by atoms with Crippen molar-refractivity contribution in [2.45, 2.75) is 52.9 Å². The van der Waals surface area contributed by atoms with Gasteiger partial charge < -0.3 is 14.8 Å². The average Bonchev–Trinajstić information content (AvgIpc) is 3.20. The van der Waals surface area contributed by atoms with Crippen molar-refractivity contribution in [2.24, 2.45) is 11.3 Å². The number of nitrogens with zero attached hydrogens (tertiary/aromatic N) is 3. The smallest absolute Gasteiger partial charge is 0.259 e. The third kappa shape index (κ3) is 5.12. The van der Waals surface area contributed by atoms with Crippen molar-refractivity contribution in [3.8, 4) is 0 Å². The van der Waals surface area contributed by atoms with Crippen molar-refractivity contribution in [2.75, 3.05) is 31.1 Å². The molecular formula is C27H33ClN4O2S. The molecule has 5 rings (SSSR count). The predicted molar refractivity (Wildman–Crippen MR) is 144 cm³/mol. The van der Waals surface area contributed by atoms with Crippen molar-refractivity contribution in [1.29, 1.82) is 0 Å². The van der Waals surface area contributed by atoms with Gasteiger partial charge in [0, 0.05) is 54.6 Å². The number of carbonyl (C=O) groups excluding carboxylic acids is 1. The van der Waals surface area contributed by atoms with Crippen LogP contribution in [0, 0.1) is 11.3 Å². The molecule has 1 N–H and O–H groups in total. The Kier molecular flexibility index (Phi) is 6.66. The maximum Gasteiger partial charge on any atom is 0.259 e. The molecular weight excluding hydrogens is 480 g/mol. The van der Waals surface area contributed by atoms with E-state index in [2.05, 4.69) is 30.7 Å². The third-order valence-corrected chi connectivity index (χ3v) is 8.96. The van der Waals surface area contributed by atoms with Crippen LogP contribution in [0.15, 0.2) is 29.1 Å². The van der Waals surface area contributed by atoms with Crippen molar-refractivity contribution >= 4 is 44.7 Å². The molecule has 186 valence electrons. The Labute approximate surface area is 215 Å². The Hall–Kier alpha value is -2.38. The molecule has 1 aliphatic carbocycles. The summed E-state index contributed by atoms with van der Waals surface area (Å²) >= 11 is 7.79. The molecule has 0 saturated carbocycles. The molecule has 1 aromatic carbocycles. The van der Waals surface area contributed by atoms with E-state index in [4.69, 9.17) is 16.6 Å². The number of carbonyl (C=O) groups is 1. The summed E-state index contributed by atoms with van der Waals surface area (Å²) < 4.78 is 0. The van der Waals surface area contributed by atoms with Gasteiger partial charge in [0.05, 0.1) is 5.39 Å². The second-order valence-corrected chi connectivity index (χ2v) is 12.4. The second kappa shape index (κ2) is 9.58. The van der Waals surface area contributed by atoms with Crippen LogP contribution in [0.25, 0.3) is 10.2 Å². The first-order valence-corrected chi connectivity index (χ1v) is 13.7. The minimum atomic E-state index is -0.0562. The average molecular weight is 513 g/mol. The van der Waals surface area contributed by atoms with Crippen LogP contribution in [0.5, 0.6) is 0 Å². The van der Waals surface area contributed by atoms with E-state index in [1.165, 1.54) is 10.4 Å². The van der Waals surface area contributed by atoms with Crippen LogP contribution >= 0.6 is 22.9 Å². The topological polar surface area (TPSA) is 69.3 Å². The highest BCUT2D eigenvalue weighted by molar-refractivity contribution is 7.18. The number of amides is 1. The zero-order valence-electron chi connectivity index (χ0n) is 20.7. The molecule has 8 heteroatoms. The molecule has 1 fully saturated rings. The number of aromatic amines is 1. The minimum Gasteiger partial charge on any atom is -0.368 e. The van der Waals surface area contributed by atoms with Gasteiger partial charge in [-0.3, -0.25) is 9.59 Å². The van der Waals surface area contributed by atoms with Crippen LogP contribution in [-0.2, 0) is 24.1 Å². The number of aryl methyl sites for hydroxylation is 2. The number of benzene rings is 1. The summed E-state index contributed by atoms with van der Waals surface area (Å²) in [7, 11) is 0. The first kappa shape index (κ1) is 24.3. The maximum atomic E-state index is 13.0. The second-order valence-electron chi connectivity index (χ2n) is 10.9. The van der Waals surface area contributed by atoms with Gasteiger partial charge in [0.25, 0.3) is 5.56 Å². The molecule has 2 aliphatic rings. The van der Waals surface area contributed by atoms with Crippen LogP contribution < -0.4 is 10.5 Å². The lowest BCUT2D eigenvalue weighted by molar-refractivity contribution is -0.131. The number of aromatic nitrogens is 2. The summed E-state index contributed by atoms with van der Waals surface area (Å²) in [5.74, 6) is 1.34. The van der Waals surface area contributed by atoms with E-state index >= 15 is 0 Å². The molecule has 1 amide bonds. The van der Waals surface area contributed by atoms with Crippen LogP contribution in [0.2, 0.25) is 5.02 Å². The first-order chi connectivity index (χ1) is 16.7. The summed E-state index contributed by atoms with van der Waals surface area (Å²) in [6.45, 7) is 9.82. The molecule has 2 aromatic heterocycles. The SMILES string of the molecule is CC(C)(C)[C@H]1CCc2c(sc3nc(CCC(=O)N4CCN(c5cccc(Cl)c5)CC4)[nH]c(=O)c23)C1. The van der Waals surface area contributed by atoms with Crippen molar-refractivity contribution in [3.63, 3.8) is 0 Å². The molecule has 0 bridgehead atoms. The maximum absolute atomic E-state index is 13.0. The first-order valence-electron chi connectivity index (χ1n) is 12.5. The summed E-state index contributed by atoms with van der Waals surface area (Å²) in [4.78, 5) is 39.9. The Morgan fingerprint density at radius 1 is 1.23 bits per heavy atom. The van der Waals surface area contributed by atoms with Gasteiger partial charge in [-0.1, -0.05) is 38.4 Å². The summed E-state index contributed by atoms with van der Waals surface area (Å²) in [5.41, 5.74) is 2.49. The van der Waals surface area contributed by atoms with Gasteiger partial charge in [0.1, 0.15) is 10.7 Å². The van der Waals surface area contributed by atoms with E-state index in [9.17, 15) is 9.59 Å². The van der Waals surface area contributed by atoms with E-state index in [1.807, 2.05) is 29.2 Å². The van der Waals surface area contributed by atoms with Gasteiger partial charge in [-0.15, -0.1) is 11.3 Å². The van der Waals surface area contributed by atoms with E-state index in [0.29, 0.717) is 37.7 Å². The van der Waals surface area contributed by atoms with Crippen molar-refractivity contribution in [3.05, 3.63) is 55.9 Å². The molecule has 3 aromatic rings. The molecule has 1 atom stereocenters. The monoisotopic (exact) mass is 512 g/mol. The lowest BCUT2D eigenvalue weighted by atomic mass is 9.72. The largest absolute Gasteiger partial charge is 0.368 e. The highest BCUT2D eigenvalue weighted by atomic mass is 35.5. The predicted octanol–water partition coefficient (Wildman–Crippen LogP) is 5.07. The lowest BCUT2D eigenvalue weighted by Crippen LogP contribution is -2.48. The zero-order valence-corrected chi connectivity index (χ0v) is 22.3. The van der Waals surface area contributed by atoms with Gasteiger partial charge in [-0.25, -0.2) is 4.98 Å². The Bertz CT molecular complexity index is 1300. The summed E-state index contributed by atoms with van der Waals surface area (Å²) in [6, 6.07) is 7.83. The fourth-order valence-corrected chi connectivity index (χ4v) is 6.86. The van der Waals surface area contributed by atoms with E-state index in [-0.39, 0.29) is 16.9 Å². The number of nitrogens with one attached hydrogen (secondary N) is 1. The van der Waals surface area contributed by atoms with Gasteiger partial charge in [-0.05, 0) is 54.4 Å². The van der Waals surface area contributed by atoms with Crippen LogP contribution in [0.3, 0.4) is 0 Å². The number of H-pyrrole nitrogens is 1.